The maximum Gasteiger partial charge on any atom is 0.239 e. The Morgan fingerprint density at radius 2 is 1.94 bits per heavy atom. The van der Waals surface area contributed by atoms with Crippen LogP contribution in [0.3, 0.4) is 0 Å². The molecule has 0 N–H and O–H groups in total. The van der Waals surface area contributed by atoms with Crippen molar-refractivity contribution in [2.75, 3.05) is 6.26 Å². The third kappa shape index (κ3) is 2.12. The molecule has 0 unspecified atom stereocenters. The predicted molar refractivity (Wildman–Crippen MR) is 66.9 cm³/mol. The van der Waals surface area contributed by atoms with Crippen LogP contribution in [-0.2, 0) is 0 Å². The van der Waals surface area contributed by atoms with Crippen molar-refractivity contribution in [1.29, 1.82) is 0 Å². The van der Waals surface area contributed by atoms with Crippen LogP contribution in [-0.4, -0.2) is 31.5 Å². The van der Waals surface area contributed by atoms with E-state index >= 15 is 0 Å². The molecular formula is C11H9N5OS. The lowest BCUT2D eigenvalue weighted by molar-refractivity contribution is 0.446. The fourth-order valence-electron chi connectivity index (χ4n) is 1.45. The molecule has 6 nitrogen and oxygen atoms in total. The molecule has 0 saturated heterocycles. The Balaban J connectivity index is 1.85. The van der Waals surface area contributed by atoms with Crippen molar-refractivity contribution in [3.63, 3.8) is 0 Å². The number of aromatic nitrogens is 5. The average Bonchev–Trinajstić information content (AvgIpc) is 2.87. The smallest absolute Gasteiger partial charge is 0.239 e. The molecule has 0 fully saturated rings. The topological polar surface area (TPSA) is 65.2 Å². The molecule has 0 bridgehead atoms. The maximum atomic E-state index is 5.62. The molecule has 0 spiro atoms. The Kier molecular flexibility index (Phi) is 2.81. The number of thioether (sulfide) groups is 1. The zero-order chi connectivity index (χ0) is 12.4. The van der Waals surface area contributed by atoms with Gasteiger partial charge in [0.15, 0.2) is 5.65 Å². The summed E-state index contributed by atoms with van der Waals surface area (Å²) in [6, 6.07) is 11.3. The summed E-state index contributed by atoms with van der Waals surface area (Å²) in [5.41, 5.74) is 0.583. The lowest BCUT2D eigenvalue weighted by Gasteiger charge is -2.04. The van der Waals surface area contributed by atoms with Crippen molar-refractivity contribution in [3.8, 4) is 11.6 Å². The summed E-state index contributed by atoms with van der Waals surface area (Å²) in [5.74, 6) is 1.18. The number of tetrazole rings is 1. The highest BCUT2D eigenvalue weighted by Gasteiger charge is 2.03. The van der Waals surface area contributed by atoms with E-state index in [1.165, 1.54) is 9.53 Å². The van der Waals surface area contributed by atoms with Gasteiger partial charge in [0.05, 0.1) is 0 Å². The molecular weight excluding hydrogens is 250 g/mol. The van der Waals surface area contributed by atoms with Crippen molar-refractivity contribution in [3.05, 3.63) is 36.4 Å². The van der Waals surface area contributed by atoms with E-state index in [1.54, 1.807) is 23.9 Å². The summed E-state index contributed by atoms with van der Waals surface area (Å²) in [7, 11) is 0. The van der Waals surface area contributed by atoms with Crippen LogP contribution in [0.2, 0.25) is 0 Å². The van der Waals surface area contributed by atoms with Crippen molar-refractivity contribution < 1.29 is 4.74 Å². The van der Waals surface area contributed by atoms with E-state index in [1.807, 2.05) is 30.5 Å². The van der Waals surface area contributed by atoms with Gasteiger partial charge in [0.2, 0.25) is 5.88 Å². The highest BCUT2D eigenvalue weighted by atomic mass is 32.2. The standard InChI is InChI=1S/C11H9N5OS/c1-18-9-4-2-8(3-5-9)17-11-7-6-10-12-14-15-16(10)13-11/h2-7H,1H3. The Bertz CT molecular complexity index is 667. The van der Waals surface area contributed by atoms with Gasteiger partial charge >= 0.3 is 0 Å². The predicted octanol–water partition coefficient (Wildman–Crippen LogP) is 2.03. The maximum absolute atomic E-state index is 5.62. The van der Waals surface area contributed by atoms with Gasteiger partial charge in [-0.2, -0.15) is 0 Å². The number of fused-ring (bicyclic) bond motifs is 1. The molecule has 3 rings (SSSR count). The Hall–Kier alpha value is -2.15. The fourth-order valence-corrected chi connectivity index (χ4v) is 1.86. The van der Waals surface area contributed by atoms with Crippen LogP contribution >= 0.6 is 11.8 Å². The molecule has 90 valence electrons. The van der Waals surface area contributed by atoms with Gasteiger partial charge in [-0.1, -0.05) is 0 Å². The summed E-state index contributed by atoms with van der Waals surface area (Å²) in [4.78, 5) is 1.19. The third-order valence-electron chi connectivity index (χ3n) is 2.33. The molecule has 0 aliphatic heterocycles. The fraction of sp³-hybridized carbons (Fsp3) is 0.0909. The summed E-state index contributed by atoms with van der Waals surface area (Å²) >= 11 is 1.69. The Morgan fingerprint density at radius 3 is 2.72 bits per heavy atom. The van der Waals surface area contributed by atoms with E-state index in [-0.39, 0.29) is 0 Å². The van der Waals surface area contributed by atoms with E-state index in [4.69, 9.17) is 4.74 Å². The molecule has 0 radical (unpaired) electrons. The highest BCUT2D eigenvalue weighted by molar-refractivity contribution is 7.98. The minimum absolute atomic E-state index is 0.451. The molecule has 0 amide bonds. The number of ether oxygens (including phenoxy) is 1. The zero-order valence-electron chi connectivity index (χ0n) is 9.52. The van der Waals surface area contributed by atoms with Crippen LogP contribution in [0, 0.1) is 0 Å². The molecule has 1 aromatic carbocycles. The first kappa shape index (κ1) is 11.0. The van der Waals surface area contributed by atoms with Gasteiger partial charge in [0.1, 0.15) is 5.75 Å². The number of rotatable bonds is 3. The van der Waals surface area contributed by atoms with Gasteiger partial charge < -0.3 is 4.74 Å². The van der Waals surface area contributed by atoms with Gasteiger partial charge in [0.25, 0.3) is 0 Å². The van der Waals surface area contributed by atoms with E-state index in [0.717, 1.165) is 5.75 Å². The molecule has 7 heteroatoms. The molecule has 0 aliphatic rings. The summed E-state index contributed by atoms with van der Waals surface area (Å²) in [5, 5.41) is 15.1. The van der Waals surface area contributed by atoms with Crippen molar-refractivity contribution in [2.24, 2.45) is 0 Å². The van der Waals surface area contributed by atoms with Gasteiger partial charge in [-0.3, -0.25) is 0 Å². The summed E-state index contributed by atoms with van der Waals surface area (Å²) in [6.45, 7) is 0. The Morgan fingerprint density at radius 1 is 1.11 bits per heavy atom. The molecule has 0 atom stereocenters. The van der Waals surface area contributed by atoms with Crippen LogP contribution in [0.15, 0.2) is 41.3 Å². The molecule has 2 heterocycles. The first-order chi connectivity index (χ1) is 8.85. The number of hydrogen-bond acceptors (Lipinski definition) is 6. The minimum atomic E-state index is 0.451. The minimum Gasteiger partial charge on any atom is -0.438 e. The molecule has 0 aliphatic carbocycles. The van der Waals surface area contributed by atoms with Gasteiger partial charge in [0, 0.05) is 11.0 Å². The van der Waals surface area contributed by atoms with E-state index in [2.05, 4.69) is 20.6 Å². The van der Waals surface area contributed by atoms with Gasteiger partial charge in [-0.25, -0.2) is 0 Å². The lowest BCUT2D eigenvalue weighted by atomic mass is 10.3. The molecule has 3 aromatic rings. The zero-order valence-corrected chi connectivity index (χ0v) is 10.3. The van der Waals surface area contributed by atoms with Gasteiger partial charge in [-0.15, -0.1) is 26.6 Å². The second kappa shape index (κ2) is 4.61. The number of benzene rings is 1. The van der Waals surface area contributed by atoms with E-state index < -0.39 is 0 Å². The third-order valence-corrected chi connectivity index (χ3v) is 3.07. The van der Waals surface area contributed by atoms with Crippen LogP contribution in [0.1, 0.15) is 0 Å². The van der Waals surface area contributed by atoms with Gasteiger partial charge in [-0.05, 0) is 47.0 Å². The lowest BCUT2D eigenvalue weighted by Crippen LogP contribution is -1.96. The highest BCUT2D eigenvalue weighted by Crippen LogP contribution is 2.22. The van der Waals surface area contributed by atoms with E-state index in [0.29, 0.717) is 11.5 Å². The quantitative estimate of drug-likeness (QED) is 0.670. The van der Waals surface area contributed by atoms with Crippen molar-refractivity contribution in [1.82, 2.24) is 25.3 Å². The Labute approximate surface area is 107 Å². The van der Waals surface area contributed by atoms with Crippen molar-refractivity contribution >= 4 is 17.4 Å². The second-order valence-electron chi connectivity index (χ2n) is 3.48. The van der Waals surface area contributed by atoms with Crippen molar-refractivity contribution in [2.45, 2.75) is 4.90 Å². The van der Waals surface area contributed by atoms with Crippen LogP contribution < -0.4 is 4.74 Å². The number of hydrogen-bond donors (Lipinski definition) is 0. The SMILES string of the molecule is CSc1ccc(Oc2ccc3nnnn3n2)cc1. The largest absolute Gasteiger partial charge is 0.438 e. The second-order valence-corrected chi connectivity index (χ2v) is 4.36. The number of nitrogens with zero attached hydrogens (tertiary/aromatic N) is 5. The summed E-state index contributed by atoms with van der Waals surface area (Å²) < 4.78 is 6.94. The van der Waals surface area contributed by atoms with Crippen LogP contribution in [0.25, 0.3) is 5.65 Å². The average molecular weight is 259 g/mol. The first-order valence-electron chi connectivity index (χ1n) is 5.22. The monoisotopic (exact) mass is 259 g/mol. The molecule has 2 aromatic heterocycles. The van der Waals surface area contributed by atoms with Crippen LogP contribution in [0.5, 0.6) is 11.6 Å². The molecule has 18 heavy (non-hydrogen) atoms. The van der Waals surface area contributed by atoms with Crippen LogP contribution in [0.4, 0.5) is 0 Å². The summed E-state index contributed by atoms with van der Waals surface area (Å²) in [6.07, 6.45) is 2.03. The molecule has 0 saturated carbocycles. The first-order valence-corrected chi connectivity index (χ1v) is 6.45. The van der Waals surface area contributed by atoms with E-state index in [9.17, 15) is 0 Å². The normalized spacial score (nSPS) is 10.7.